The summed E-state index contributed by atoms with van der Waals surface area (Å²) in [7, 11) is 0. The third-order valence-corrected chi connectivity index (χ3v) is 5.08. The Kier molecular flexibility index (Phi) is 2.69. The number of fused-ring (bicyclic) bond motifs is 1. The zero-order valence-electron chi connectivity index (χ0n) is 11.3. The fraction of sp³-hybridized carbons (Fsp3) is 0.625. The number of nitrogens with one attached hydrogen (secondary N) is 1. The lowest BCUT2D eigenvalue weighted by atomic mass is 9.66. The maximum Gasteiger partial charge on any atom is 0.161 e. The van der Waals surface area contributed by atoms with Gasteiger partial charge >= 0.3 is 0 Å². The highest BCUT2D eigenvalue weighted by molar-refractivity contribution is 5.44. The third-order valence-electron chi connectivity index (χ3n) is 5.08. The van der Waals surface area contributed by atoms with Crippen LogP contribution in [0, 0.1) is 5.41 Å². The zero-order chi connectivity index (χ0) is 12.7. The van der Waals surface area contributed by atoms with Crippen molar-refractivity contribution in [2.75, 3.05) is 26.3 Å². The predicted octanol–water partition coefficient (Wildman–Crippen LogP) is 2.71. The minimum atomic E-state index is 0.643. The Hall–Kier alpha value is -1.22. The van der Waals surface area contributed by atoms with E-state index < -0.39 is 0 Å². The molecule has 1 saturated heterocycles. The van der Waals surface area contributed by atoms with Gasteiger partial charge in [-0.05, 0) is 54.7 Å². The van der Waals surface area contributed by atoms with Gasteiger partial charge in [-0.1, -0.05) is 6.07 Å². The van der Waals surface area contributed by atoms with Crippen LogP contribution in [0.1, 0.15) is 37.2 Å². The highest BCUT2D eigenvalue weighted by Gasteiger charge is 2.40. The minimum absolute atomic E-state index is 0.643. The van der Waals surface area contributed by atoms with Gasteiger partial charge < -0.3 is 14.8 Å². The number of rotatable bonds is 1. The van der Waals surface area contributed by atoms with Crippen molar-refractivity contribution in [3.63, 3.8) is 0 Å². The fourth-order valence-electron chi connectivity index (χ4n) is 3.71. The first kappa shape index (κ1) is 11.6. The number of ether oxygens (including phenoxy) is 2. The summed E-state index contributed by atoms with van der Waals surface area (Å²) in [5.74, 6) is 2.56. The molecule has 0 amide bonds. The average molecular weight is 259 g/mol. The van der Waals surface area contributed by atoms with Crippen LogP contribution >= 0.6 is 0 Å². The van der Waals surface area contributed by atoms with E-state index in [1.54, 1.807) is 0 Å². The Balaban J connectivity index is 1.50. The van der Waals surface area contributed by atoms with Gasteiger partial charge in [-0.25, -0.2) is 0 Å². The van der Waals surface area contributed by atoms with Crippen LogP contribution in [0.4, 0.5) is 0 Å². The standard InChI is InChI=1S/C16H21NO2/c1-2-14-15(19-8-7-18-14)9-13(1)12-3-5-16(6-4-12)10-17-11-16/h1-2,9,12,17H,3-8,10-11H2. The summed E-state index contributed by atoms with van der Waals surface area (Å²) in [6.07, 6.45) is 5.39. The maximum atomic E-state index is 5.69. The summed E-state index contributed by atoms with van der Waals surface area (Å²) < 4.78 is 11.3. The molecule has 19 heavy (non-hydrogen) atoms. The average Bonchev–Trinajstić information content (AvgIpc) is 2.45. The van der Waals surface area contributed by atoms with Crippen molar-refractivity contribution in [3.05, 3.63) is 23.8 Å². The summed E-state index contributed by atoms with van der Waals surface area (Å²) in [6, 6.07) is 6.52. The highest BCUT2D eigenvalue weighted by atomic mass is 16.6. The Labute approximate surface area is 114 Å². The second-order valence-corrected chi connectivity index (χ2v) is 6.28. The first-order valence-corrected chi connectivity index (χ1v) is 7.45. The molecule has 3 nitrogen and oxygen atoms in total. The number of hydrogen-bond acceptors (Lipinski definition) is 3. The van der Waals surface area contributed by atoms with Crippen LogP contribution in [0.5, 0.6) is 11.5 Å². The van der Waals surface area contributed by atoms with E-state index in [9.17, 15) is 0 Å². The van der Waals surface area contributed by atoms with Crippen LogP contribution < -0.4 is 14.8 Å². The molecule has 0 bridgehead atoms. The number of hydrogen-bond donors (Lipinski definition) is 1. The maximum absolute atomic E-state index is 5.69. The van der Waals surface area contributed by atoms with Gasteiger partial charge in [-0.15, -0.1) is 0 Å². The molecule has 1 spiro atoms. The van der Waals surface area contributed by atoms with Gasteiger partial charge in [0.1, 0.15) is 13.2 Å². The molecule has 0 atom stereocenters. The monoisotopic (exact) mass is 259 g/mol. The molecule has 4 rings (SSSR count). The van der Waals surface area contributed by atoms with Crippen molar-refractivity contribution in [1.29, 1.82) is 0 Å². The van der Waals surface area contributed by atoms with Gasteiger partial charge in [0.25, 0.3) is 0 Å². The van der Waals surface area contributed by atoms with Gasteiger partial charge in [0, 0.05) is 13.1 Å². The Morgan fingerprint density at radius 1 is 1.00 bits per heavy atom. The molecule has 1 N–H and O–H groups in total. The molecule has 102 valence electrons. The summed E-state index contributed by atoms with van der Waals surface area (Å²) in [4.78, 5) is 0. The Morgan fingerprint density at radius 3 is 2.42 bits per heavy atom. The first-order valence-electron chi connectivity index (χ1n) is 7.45. The summed E-state index contributed by atoms with van der Waals surface area (Å²) in [5, 5.41) is 3.43. The van der Waals surface area contributed by atoms with Crippen molar-refractivity contribution >= 4 is 0 Å². The van der Waals surface area contributed by atoms with E-state index in [-0.39, 0.29) is 0 Å². The Bertz CT molecular complexity index is 472. The van der Waals surface area contributed by atoms with Gasteiger partial charge in [0.2, 0.25) is 0 Å². The second-order valence-electron chi connectivity index (χ2n) is 6.28. The molecule has 0 aromatic heterocycles. The van der Waals surface area contributed by atoms with Crippen molar-refractivity contribution < 1.29 is 9.47 Å². The van der Waals surface area contributed by atoms with Gasteiger partial charge in [-0.3, -0.25) is 0 Å². The smallest absolute Gasteiger partial charge is 0.161 e. The molecule has 2 fully saturated rings. The number of benzene rings is 1. The molecule has 1 saturated carbocycles. The largest absolute Gasteiger partial charge is 0.486 e. The second kappa shape index (κ2) is 4.41. The molecule has 1 aromatic carbocycles. The van der Waals surface area contributed by atoms with Crippen molar-refractivity contribution in [2.24, 2.45) is 5.41 Å². The SMILES string of the molecule is c1cc2c(cc1C1CCC3(CC1)CNC3)OCCO2. The summed E-state index contributed by atoms with van der Waals surface area (Å²) in [6.45, 7) is 3.82. The van der Waals surface area contributed by atoms with Crippen molar-refractivity contribution in [2.45, 2.75) is 31.6 Å². The van der Waals surface area contributed by atoms with E-state index >= 15 is 0 Å². The third kappa shape index (κ3) is 2.00. The van der Waals surface area contributed by atoms with E-state index in [4.69, 9.17) is 9.47 Å². The van der Waals surface area contributed by atoms with Crippen molar-refractivity contribution in [3.8, 4) is 11.5 Å². The fourth-order valence-corrected chi connectivity index (χ4v) is 3.71. The zero-order valence-corrected chi connectivity index (χ0v) is 11.3. The lowest BCUT2D eigenvalue weighted by Crippen LogP contribution is -2.54. The molecule has 2 aliphatic heterocycles. The summed E-state index contributed by atoms with van der Waals surface area (Å²) >= 11 is 0. The van der Waals surface area contributed by atoms with Gasteiger partial charge in [0.15, 0.2) is 11.5 Å². The molecule has 3 aliphatic rings. The lowest BCUT2D eigenvalue weighted by Gasteiger charge is -2.47. The molecule has 3 heteroatoms. The summed E-state index contributed by atoms with van der Waals surface area (Å²) in [5.41, 5.74) is 2.08. The molecule has 2 heterocycles. The molecule has 0 unspecified atom stereocenters. The normalized spacial score (nSPS) is 25.1. The molecule has 0 radical (unpaired) electrons. The first-order chi connectivity index (χ1) is 9.35. The van der Waals surface area contributed by atoms with Gasteiger partial charge in [0.05, 0.1) is 0 Å². The van der Waals surface area contributed by atoms with Crippen LogP contribution in [-0.2, 0) is 0 Å². The van der Waals surface area contributed by atoms with E-state index in [2.05, 4.69) is 23.5 Å². The van der Waals surface area contributed by atoms with E-state index in [0.29, 0.717) is 24.5 Å². The predicted molar refractivity (Wildman–Crippen MR) is 73.9 cm³/mol. The van der Waals surface area contributed by atoms with Crippen LogP contribution in [0.25, 0.3) is 0 Å². The molecular weight excluding hydrogens is 238 g/mol. The quantitative estimate of drug-likeness (QED) is 0.841. The lowest BCUT2D eigenvalue weighted by molar-refractivity contribution is 0.0973. The molecule has 1 aromatic rings. The molecule has 1 aliphatic carbocycles. The van der Waals surface area contributed by atoms with Gasteiger partial charge in [-0.2, -0.15) is 0 Å². The van der Waals surface area contributed by atoms with Crippen LogP contribution in [0.15, 0.2) is 18.2 Å². The van der Waals surface area contributed by atoms with E-state index in [0.717, 1.165) is 11.5 Å². The van der Waals surface area contributed by atoms with Crippen LogP contribution in [0.2, 0.25) is 0 Å². The van der Waals surface area contributed by atoms with E-state index in [1.807, 2.05) is 0 Å². The van der Waals surface area contributed by atoms with Crippen LogP contribution in [-0.4, -0.2) is 26.3 Å². The molecular formula is C16H21NO2. The Morgan fingerprint density at radius 2 is 1.74 bits per heavy atom. The highest BCUT2D eigenvalue weighted by Crippen LogP contribution is 2.46. The topological polar surface area (TPSA) is 30.5 Å². The van der Waals surface area contributed by atoms with Crippen molar-refractivity contribution in [1.82, 2.24) is 5.32 Å². The van der Waals surface area contributed by atoms with E-state index in [1.165, 1.54) is 44.3 Å². The minimum Gasteiger partial charge on any atom is -0.486 e. The van der Waals surface area contributed by atoms with Crippen LogP contribution in [0.3, 0.4) is 0 Å².